The molecular formula is C38H58. The lowest BCUT2D eigenvalue weighted by Crippen LogP contribution is -2.02. The van der Waals surface area contributed by atoms with Gasteiger partial charge in [-0.3, -0.25) is 0 Å². The van der Waals surface area contributed by atoms with Gasteiger partial charge in [0.1, 0.15) is 0 Å². The molecule has 0 bridgehead atoms. The fourth-order valence-corrected chi connectivity index (χ4v) is 6.22. The van der Waals surface area contributed by atoms with Crippen LogP contribution in [-0.2, 0) is 32.1 Å². The molecule has 0 radical (unpaired) electrons. The van der Waals surface area contributed by atoms with Crippen LogP contribution in [0.1, 0.15) is 144 Å². The van der Waals surface area contributed by atoms with Gasteiger partial charge in [0.15, 0.2) is 0 Å². The van der Waals surface area contributed by atoms with Crippen molar-refractivity contribution in [2.75, 3.05) is 0 Å². The first-order chi connectivity index (χ1) is 18.4. The number of hydrogen-bond acceptors (Lipinski definition) is 0. The van der Waals surface area contributed by atoms with Gasteiger partial charge < -0.3 is 0 Å². The SMILES string of the molecule is C=C(CC)C1=CCCCC1.CCc1cc(C2CCCC2)cc(CC)c1CC.CCc1ccc(C)cc1CC. The van der Waals surface area contributed by atoms with Crippen molar-refractivity contribution >= 4 is 0 Å². The Hall–Kier alpha value is -2.08. The highest BCUT2D eigenvalue weighted by Gasteiger charge is 2.19. The van der Waals surface area contributed by atoms with Gasteiger partial charge in [-0.15, -0.1) is 0 Å². The van der Waals surface area contributed by atoms with E-state index in [0.29, 0.717) is 0 Å². The molecule has 0 atom stereocenters. The van der Waals surface area contributed by atoms with E-state index in [1.807, 2.05) is 0 Å². The molecule has 0 N–H and O–H groups in total. The van der Waals surface area contributed by atoms with Crippen LogP contribution in [0.25, 0.3) is 0 Å². The molecule has 0 aromatic heterocycles. The van der Waals surface area contributed by atoms with Crippen LogP contribution < -0.4 is 0 Å². The standard InChI is InChI=1S/C17H26.C11H16.C10H16/c1-4-13-11-16(15-9-7-8-10-15)12-14(5-2)17(13)6-3;1-4-10-7-6-9(3)8-11(10)5-2;1-3-9(2)10-7-5-4-6-8-10/h11-12,15H,4-10H2,1-3H3;6-8H,4-5H2,1-3H3;7H,2-6,8H2,1H3. The smallest absolute Gasteiger partial charge is 0.0162 e. The molecule has 0 heteroatoms. The van der Waals surface area contributed by atoms with Crippen LogP contribution in [-0.4, -0.2) is 0 Å². The van der Waals surface area contributed by atoms with E-state index >= 15 is 0 Å². The van der Waals surface area contributed by atoms with E-state index in [-0.39, 0.29) is 0 Å². The monoisotopic (exact) mass is 514 g/mol. The molecule has 2 aliphatic carbocycles. The maximum absolute atomic E-state index is 4.03. The summed E-state index contributed by atoms with van der Waals surface area (Å²) in [4.78, 5) is 0. The molecule has 2 aromatic carbocycles. The van der Waals surface area contributed by atoms with Crippen molar-refractivity contribution in [2.24, 2.45) is 0 Å². The summed E-state index contributed by atoms with van der Waals surface area (Å²) in [6.07, 6.45) is 20.3. The minimum atomic E-state index is 0.858. The Balaban J connectivity index is 0.000000211. The highest BCUT2D eigenvalue weighted by Crippen LogP contribution is 2.36. The van der Waals surface area contributed by atoms with Gasteiger partial charge in [-0.2, -0.15) is 0 Å². The van der Waals surface area contributed by atoms with Crippen molar-refractivity contribution in [3.05, 3.63) is 93.1 Å². The number of allylic oxidation sites excluding steroid dienone is 3. The quantitative estimate of drug-likeness (QED) is 0.328. The second-order valence-electron chi connectivity index (χ2n) is 11.3. The number of hydrogen-bond donors (Lipinski definition) is 0. The molecule has 0 heterocycles. The van der Waals surface area contributed by atoms with Gasteiger partial charge in [0.05, 0.1) is 0 Å². The average molecular weight is 515 g/mol. The summed E-state index contributed by atoms with van der Waals surface area (Å²) < 4.78 is 0. The number of rotatable bonds is 8. The number of aryl methyl sites for hydroxylation is 5. The normalized spacial score (nSPS) is 15.2. The predicted molar refractivity (Wildman–Crippen MR) is 172 cm³/mol. The van der Waals surface area contributed by atoms with Crippen molar-refractivity contribution in [1.82, 2.24) is 0 Å². The fraction of sp³-hybridized carbons (Fsp3) is 0.579. The van der Waals surface area contributed by atoms with Gasteiger partial charge in [0.2, 0.25) is 0 Å². The molecule has 0 amide bonds. The summed E-state index contributed by atoms with van der Waals surface area (Å²) in [6, 6.07) is 11.7. The van der Waals surface area contributed by atoms with E-state index in [1.54, 1.807) is 22.3 Å². The molecular weight excluding hydrogens is 456 g/mol. The molecule has 4 rings (SSSR count). The topological polar surface area (TPSA) is 0 Å². The van der Waals surface area contributed by atoms with E-state index in [9.17, 15) is 0 Å². The first-order valence-electron chi connectivity index (χ1n) is 16.0. The maximum Gasteiger partial charge on any atom is -0.0162 e. The van der Waals surface area contributed by atoms with E-state index in [1.165, 1.54) is 98.5 Å². The Morgan fingerprint density at radius 3 is 1.79 bits per heavy atom. The Kier molecular flexibility index (Phi) is 14.8. The van der Waals surface area contributed by atoms with Crippen molar-refractivity contribution < 1.29 is 0 Å². The summed E-state index contributed by atoms with van der Waals surface area (Å²) in [5.41, 5.74) is 13.7. The Morgan fingerprint density at radius 1 is 0.711 bits per heavy atom. The van der Waals surface area contributed by atoms with Crippen LogP contribution in [0.2, 0.25) is 0 Å². The molecule has 0 spiro atoms. The largest absolute Gasteiger partial charge is 0.0956 e. The van der Waals surface area contributed by atoms with Gasteiger partial charge in [-0.1, -0.05) is 109 Å². The zero-order valence-electron chi connectivity index (χ0n) is 26.1. The van der Waals surface area contributed by atoms with E-state index < -0.39 is 0 Å². The van der Waals surface area contributed by atoms with Crippen molar-refractivity contribution in [3.8, 4) is 0 Å². The molecule has 0 unspecified atom stereocenters. The lowest BCUT2D eigenvalue weighted by Gasteiger charge is -2.18. The van der Waals surface area contributed by atoms with E-state index in [4.69, 9.17) is 0 Å². The Labute approximate surface area is 237 Å². The molecule has 1 saturated carbocycles. The second kappa shape index (κ2) is 17.5. The third-order valence-corrected chi connectivity index (χ3v) is 8.69. The minimum absolute atomic E-state index is 0.858. The first-order valence-corrected chi connectivity index (χ1v) is 16.0. The van der Waals surface area contributed by atoms with Gasteiger partial charge in [-0.25, -0.2) is 0 Å². The maximum atomic E-state index is 4.03. The average Bonchev–Trinajstić information content (AvgIpc) is 3.52. The van der Waals surface area contributed by atoms with Gasteiger partial charge in [0.25, 0.3) is 0 Å². The molecule has 38 heavy (non-hydrogen) atoms. The molecule has 1 fully saturated rings. The van der Waals surface area contributed by atoms with Gasteiger partial charge in [0, 0.05) is 0 Å². The summed E-state index contributed by atoms with van der Waals surface area (Å²) >= 11 is 0. The van der Waals surface area contributed by atoms with Crippen LogP contribution in [0.3, 0.4) is 0 Å². The van der Waals surface area contributed by atoms with Crippen LogP contribution in [0.5, 0.6) is 0 Å². The molecule has 0 saturated heterocycles. The lowest BCUT2D eigenvalue weighted by atomic mass is 9.88. The van der Waals surface area contributed by atoms with E-state index in [0.717, 1.165) is 25.2 Å². The second-order valence-corrected chi connectivity index (χ2v) is 11.3. The predicted octanol–water partition coefficient (Wildman–Crippen LogP) is 11.6. The highest BCUT2D eigenvalue weighted by molar-refractivity contribution is 5.41. The zero-order valence-corrected chi connectivity index (χ0v) is 26.1. The fourth-order valence-electron chi connectivity index (χ4n) is 6.22. The highest BCUT2D eigenvalue weighted by atomic mass is 14.2. The van der Waals surface area contributed by atoms with E-state index in [2.05, 4.69) is 91.5 Å². The molecule has 0 aliphatic heterocycles. The molecule has 0 nitrogen and oxygen atoms in total. The van der Waals surface area contributed by atoms with Crippen LogP contribution >= 0.6 is 0 Å². The molecule has 210 valence electrons. The van der Waals surface area contributed by atoms with Crippen molar-refractivity contribution in [2.45, 2.75) is 144 Å². The van der Waals surface area contributed by atoms with Gasteiger partial charge in [-0.05, 0) is 129 Å². The minimum Gasteiger partial charge on any atom is -0.0956 e. The first kappa shape index (κ1) is 32.1. The van der Waals surface area contributed by atoms with Crippen LogP contribution in [0, 0.1) is 6.92 Å². The zero-order chi connectivity index (χ0) is 27.9. The molecule has 2 aromatic rings. The summed E-state index contributed by atoms with van der Waals surface area (Å²) in [7, 11) is 0. The lowest BCUT2D eigenvalue weighted by molar-refractivity contribution is 0.702. The summed E-state index contributed by atoms with van der Waals surface area (Å²) in [5.74, 6) is 0.858. The molecule has 2 aliphatic rings. The van der Waals surface area contributed by atoms with Crippen molar-refractivity contribution in [3.63, 3.8) is 0 Å². The Morgan fingerprint density at radius 2 is 1.32 bits per heavy atom. The summed E-state index contributed by atoms with van der Waals surface area (Å²) in [5, 5.41) is 0. The van der Waals surface area contributed by atoms with Crippen LogP contribution in [0.4, 0.5) is 0 Å². The summed E-state index contributed by atoms with van der Waals surface area (Å²) in [6.45, 7) is 19.7. The Bertz CT molecular complexity index is 987. The van der Waals surface area contributed by atoms with Gasteiger partial charge >= 0.3 is 0 Å². The third kappa shape index (κ3) is 9.59. The third-order valence-electron chi connectivity index (χ3n) is 8.69. The van der Waals surface area contributed by atoms with Crippen molar-refractivity contribution in [1.29, 1.82) is 0 Å². The number of benzene rings is 2. The van der Waals surface area contributed by atoms with Crippen LogP contribution in [0.15, 0.2) is 54.1 Å².